The van der Waals surface area contributed by atoms with E-state index in [-0.39, 0.29) is 4.75 Å². The highest BCUT2D eigenvalue weighted by atomic mass is 32.2. The topological polar surface area (TPSA) is 62.7 Å². The zero-order chi connectivity index (χ0) is 17.8. The summed E-state index contributed by atoms with van der Waals surface area (Å²) >= 11 is 0. The second kappa shape index (κ2) is 11.9. The van der Waals surface area contributed by atoms with E-state index in [2.05, 4.69) is 22.5 Å². The zero-order valence-electron chi connectivity index (χ0n) is 16.0. The lowest BCUT2D eigenvalue weighted by Crippen LogP contribution is -2.40. The fraction of sp³-hybridized carbons (Fsp3) is 0.944. The van der Waals surface area contributed by atoms with Crippen molar-refractivity contribution < 1.29 is 8.95 Å². The van der Waals surface area contributed by atoms with Gasteiger partial charge in [-0.05, 0) is 47.0 Å². The molecule has 6 heteroatoms. The smallest absolute Gasteiger partial charge is 0.191 e. The Kier molecular flexibility index (Phi) is 10.6. The van der Waals surface area contributed by atoms with Crippen molar-refractivity contribution in [3.05, 3.63) is 0 Å². The van der Waals surface area contributed by atoms with E-state index in [1.54, 1.807) is 0 Å². The van der Waals surface area contributed by atoms with Crippen LogP contribution in [0.3, 0.4) is 0 Å². The van der Waals surface area contributed by atoms with Gasteiger partial charge in [-0.2, -0.15) is 0 Å². The average Bonchev–Trinajstić information content (AvgIpc) is 2.54. The Morgan fingerprint density at radius 2 is 1.92 bits per heavy atom. The van der Waals surface area contributed by atoms with Crippen LogP contribution in [0.15, 0.2) is 4.99 Å². The third-order valence-corrected chi connectivity index (χ3v) is 6.03. The molecule has 0 aromatic rings. The maximum atomic E-state index is 12.0. The summed E-state index contributed by atoms with van der Waals surface area (Å²) in [6, 6.07) is 0. The van der Waals surface area contributed by atoms with Crippen LogP contribution in [0, 0.1) is 0 Å². The van der Waals surface area contributed by atoms with Crippen LogP contribution < -0.4 is 10.6 Å². The van der Waals surface area contributed by atoms with E-state index < -0.39 is 10.8 Å². The number of rotatable bonds is 9. The summed E-state index contributed by atoms with van der Waals surface area (Å²) in [6.07, 6.45) is 7.85. The minimum absolute atomic E-state index is 0.159. The molecule has 0 aromatic carbocycles. The summed E-state index contributed by atoms with van der Waals surface area (Å²) in [5, 5.41) is 6.50. The molecule has 142 valence electrons. The van der Waals surface area contributed by atoms with Gasteiger partial charge in [0.25, 0.3) is 0 Å². The number of nitrogens with one attached hydrogen (secondary N) is 2. The molecule has 1 rings (SSSR count). The minimum Gasteiger partial charge on any atom is -0.378 e. The fourth-order valence-electron chi connectivity index (χ4n) is 2.65. The highest BCUT2D eigenvalue weighted by molar-refractivity contribution is 7.86. The molecule has 1 aliphatic carbocycles. The first-order valence-corrected chi connectivity index (χ1v) is 10.8. The van der Waals surface area contributed by atoms with Crippen molar-refractivity contribution in [2.45, 2.75) is 77.1 Å². The number of hydrogen-bond acceptors (Lipinski definition) is 3. The fourth-order valence-corrected chi connectivity index (χ4v) is 3.55. The average molecular weight is 360 g/mol. The number of ether oxygens (including phenoxy) is 1. The van der Waals surface area contributed by atoms with E-state index in [4.69, 9.17) is 4.74 Å². The molecule has 0 bridgehead atoms. The number of hydrogen-bond donors (Lipinski definition) is 2. The normalized spacial score (nSPS) is 18.4. The van der Waals surface area contributed by atoms with Crippen LogP contribution in [0.2, 0.25) is 0 Å². The van der Waals surface area contributed by atoms with Gasteiger partial charge in [0, 0.05) is 47.5 Å². The lowest BCUT2D eigenvalue weighted by Gasteiger charge is -2.21. The van der Waals surface area contributed by atoms with Gasteiger partial charge < -0.3 is 15.4 Å². The second-order valence-corrected chi connectivity index (χ2v) is 9.66. The molecule has 0 amide bonds. The third-order valence-electron chi connectivity index (χ3n) is 4.09. The first-order chi connectivity index (χ1) is 11.4. The van der Waals surface area contributed by atoms with E-state index in [0.717, 1.165) is 32.1 Å². The van der Waals surface area contributed by atoms with Gasteiger partial charge in [-0.1, -0.05) is 19.3 Å². The molecule has 0 heterocycles. The van der Waals surface area contributed by atoms with Crippen LogP contribution in [0.5, 0.6) is 0 Å². The van der Waals surface area contributed by atoms with Gasteiger partial charge in [-0.3, -0.25) is 9.20 Å². The van der Waals surface area contributed by atoms with Crippen LogP contribution in [-0.2, 0) is 15.5 Å². The van der Waals surface area contributed by atoms with Crippen molar-refractivity contribution in [3.63, 3.8) is 0 Å². The predicted octanol–water partition coefficient (Wildman–Crippen LogP) is 2.83. The van der Waals surface area contributed by atoms with Gasteiger partial charge in [0.1, 0.15) is 0 Å². The quantitative estimate of drug-likeness (QED) is 0.377. The van der Waals surface area contributed by atoms with Crippen molar-refractivity contribution in [3.8, 4) is 0 Å². The molecule has 24 heavy (non-hydrogen) atoms. The number of aliphatic imine (C=N–C) groups is 1. The summed E-state index contributed by atoms with van der Waals surface area (Å²) < 4.78 is 17.8. The molecule has 2 N–H and O–H groups in total. The largest absolute Gasteiger partial charge is 0.378 e. The first-order valence-electron chi connectivity index (χ1n) is 9.45. The maximum Gasteiger partial charge on any atom is 0.191 e. The minimum atomic E-state index is -0.835. The Balaban J connectivity index is 2.20. The van der Waals surface area contributed by atoms with E-state index in [9.17, 15) is 4.21 Å². The summed E-state index contributed by atoms with van der Waals surface area (Å²) in [5.41, 5.74) is 0. The Labute approximate surface area is 150 Å². The number of nitrogens with zero attached hydrogens (tertiary/aromatic N) is 1. The van der Waals surface area contributed by atoms with Gasteiger partial charge >= 0.3 is 0 Å². The van der Waals surface area contributed by atoms with Gasteiger partial charge in [0.05, 0.1) is 6.10 Å². The summed E-state index contributed by atoms with van der Waals surface area (Å²) in [5.74, 6) is 1.44. The molecule has 1 aliphatic rings. The zero-order valence-corrected chi connectivity index (χ0v) is 16.8. The van der Waals surface area contributed by atoms with E-state index in [1.165, 1.54) is 32.1 Å². The number of guanidine groups is 1. The summed E-state index contributed by atoms with van der Waals surface area (Å²) in [6.45, 7) is 11.1. The van der Waals surface area contributed by atoms with Crippen LogP contribution in [-0.4, -0.2) is 53.0 Å². The first kappa shape index (κ1) is 21.4. The SMILES string of the molecule is CCNC(=NCCCOC1CCCCC1)NCCS(=O)C(C)(C)C. The maximum absolute atomic E-state index is 12.0. The lowest BCUT2D eigenvalue weighted by atomic mass is 9.98. The van der Waals surface area contributed by atoms with Crippen LogP contribution in [0.25, 0.3) is 0 Å². The molecule has 5 nitrogen and oxygen atoms in total. The molecular formula is C18H37N3O2S. The van der Waals surface area contributed by atoms with Gasteiger partial charge in [-0.15, -0.1) is 0 Å². The Morgan fingerprint density at radius 1 is 1.21 bits per heavy atom. The van der Waals surface area contributed by atoms with E-state index >= 15 is 0 Å². The van der Waals surface area contributed by atoms with E-state index in [1.807, 2.05) is 20.8 Å². The monoisotopic (exact) mass is 359 g/mol. The van der Waals surface area contributed by atoms with Crippen molar-refractivity contribution in [1.82, 2.24) is 10.6 Å². The molecular weight excluding hydrogens is 322 g/mol. The molecule has 1 atom stereocenters. The van der Waals surface area contributed by atoms with Crippen LogP contribution in [0.1, 0.15) is 66.2 Å². The Hall–Kier alpha value is -0.620. The highest BCUT2D eigenvalue weighted by Gasteiger charge is 2.18. The molecule has 1 unspecified atom stereocenters. The van der Waals surface area contributed by atoms with Gasteiger partial charge in [0.15, 0.2) is 5.96 Å². The molecule has 0 spiro atoms. The molecule has 1 fully saturated rings. The van der Waals surface area contributed by atoms with Crippen molar-refractivity contribution in [2.24, 2.45) is 4.99 Å². The predicted molar refractivity (Wildman–Crippen MR) is 104 cm³/mol. The lowest BCUT2D eigenvalue weighted by molar-refractivity contribution is 0.0281. The van der Waals surface area contributed by atoms with Gasteiger partial charge in [0.2, 0.25) is 0 Å². The van der Waals surface area contributed by atoms with E-state index in [0.29, 0.717) is 18.4 Å². The molecule has 0 aliphatic heterocycles. The standard InChI is InChI=1S/C18H37N3O2S/c1-5-19-17(21-13-15-24(22)18(2,3)4)20-12-9-14-23-16-10-7-6-8-11-16/h16H,5-15H2,1-4H3,(H2,19,20,21). The van der Waals surface area contributed by atoms with Crippen molar-refractivity contribution in [1.29, 1.82) is 0 Å². The third kappa shape index (κ3) is 9.62. The summed E-state index contributed by atoms with van der Waals surface area (Å²) in [7, 11) is -0.835. The second-order valence-electron chi connectivity index (χ2n) is 7.33. The highest BCUT2D eigenvalue weighted by Crippen LogP contribution is 2.20. The van der Waals surface area contributed by atoms with Crippen molar-refractivity contribution >= 4 is 16.8 Å². The summed E-state index contributed by atoms with van der Waals surface area (Å²) in [4.78, 5) is 4.57. The molecule has 1 saturated carbocycles. The van der Waals surface area contributed by atoms with Crippen LogP contribution >= 0.6 is 0 Å². The Morgan fingerprint density at radius 3 is 2.54 bits per heavy atom. The molecule has 0 aromatic heterocycles. The molecule has 0 saturated heterocycles. The van der Waals surface area contributed by atoms with Gasteiger partial charge in [-0.25, -0.2) is 0 Å². The Bertz CT molecular complexity index is 388. The molecule has 0 radical (unpaired) electrons. The van der Waals surface area contributed by atoms with Crippen LogP contribution in [0.4, 0.5) is 0 Å². The van der Waals surface area contributed by atoms with Crippen molar-refractivity contribution in [2.75, 3.05) is 32.0 Å².